The van der Waals surface area contributed by atoms with Crippen LogP contribution in [0.2, 0.25) is 0 Å². The minimum absolute atomic E-state index is 0. The van der Waals surface area contributed by atoms with E-state index in [1.165, 1.54) is 0 Å². The second-order valence-electron chi connectivity index (χ2n) is 6.29. The van der Waals surface area contributed by atoms with Crippen molar-refractivity contribution in [3.05, 3.63) is 23.8 Å². The second-order valence-corrected chi connectivity index (χ2v) is 6.29. The maximum absolute atomic E-state index is 12.2. The molecule has 24 heavy (non-hydrogen) atoms. The molecule has 1 aromatic rings. The minimum Gasteiger partial charge on any atom is -0.325 e. The highest BCUT2D eigenvalue weighted by atomic mass is 35.5. The lowest BCUT2D eigenvalue weighted by Gasteiger charge is -2.29. The SMILES string of the molecule is CCCN1C(=O)CCc2cc(NC(=O)C(N)C(C)CC)ccc21.Cl. The van der Waals surface area contributed by atoms with Crippen LogP contribution in [0.25, 0.3) is 0 Å². The molecule has 5 nitrogen and oxygen atoms in total. The summed E-state index contributed by atoms with van der Waals surface area (Å²) in [5.74, 6) is 0.164. The summed E-state index contributed by atoms with van der Waals surface area (Å²) >= 11 is 0. The highest BCUT2D eigenvalue weighted by Gasteiger charge is 2.24. The third-order valence-corrected chi connectivity index (χ3v) is 4.55. The Morgan fingerprint density at radius 2 is 2.04 bits per heavy atom. The van der Waals surface area contributed by atoms with Crippen molar-refractivity contribution in [2.75, 3.05) is 16.8 Å². The number of aryl methyl sites for hydroxylation is 1. The molecule has 1 heterocycles. The van der Waals surface area contributed by atoms with E-state index in [1.807, 2.05) is 36.9 Å². The van der Waals surface area contributed by atoms with Gasteiger partial charge in [0.1, 0.15) is 0 Å². The predicted molar refractivity (Wildman–Crippen MR) is 101 cm³/mol. The number of anilines is 2. The van der Waals surface area contributed by atoms with Crippen LogP contribution in [0.5, 0.6) is 0 Å². The average molecular weight is 354 g/mol. The molecule has 134 valence electrons. The number of nitrogens with zero attached hydrogens (tertiary/aromatic N) is 1. The number of rotatable bonds is 6. The second kappa shape index (κ2) is 9.04. The summed E-state index contributed by atoms with van der Waals surface area (Å²) in [6.07, 6.45) is 3.03. The lowest BCUT2D eigenvalue weighted by molar-refractivity contribution is -0.119. The standard InChI is InChI=1S/C18H27N3O2.ClH/c1-4-10-21-15-8-7-14(11-13(15)6-9-16(21)22)20-18(23)17(19)12(3)5-2;/h7-8,11-12,17H,4-6,9-10,19H2,1-3H3,(H,20,23);1H. The molecule has 6 heteroatoms. The molecule has 2 rings (SSSR count). The first-order valence-electron chi connectivity index (χ1n) is 8.47. The number of carbonyl (C=O) groups is 2. The van der Waals surface area contributed by atoms with E-state index in [0.717, 1.165) is 42.7 Å². The Balaban J connectivity index is 0.00000288. The van der Waals surface area contributed by atoms with Crippen molar-refractivity contribution in [2.45, 2.75) is 52.5 Å². The smallest absolute Gasteiger partial charge is 0.241 e. The van der Waals surface area contributed by atoms with Crippen LogP contribution in [-0.2, 0) is 16.0 Å². The number of hydrogen-bond acceptors (Lipinski definition) is 3. The molecule has 2 amide bonds. The van der Waals surface area contributed by atoms with E-state index in [-0.39, 0.29) is 30.1 Å². The molecule has 0 aromatic heterocycles. The van der Waals surface area contributed by atoms with E-state index >= 15 is 0 Å². The molecule has 0 aliphatic carbocycles. The normalized spacial score (nSPS) is 16.0. The molecule has 1 aliphatic rings. The molecule has 0 spiro atoms. The quantitative estimate of drug-likeness (QED) is 0.825. The van der Waals surface area contributed by atoms with Crippen LogP contribution in [-0.4, -0.2) is 24.4 Å². The summed E-state index contributed by atoms with van der Waals surface area (Å²) < 4.78 is 0. The Hall–Kier alpha value is -1.59. The van der Waals surface area contributed by atoms with Gasteiger partial charge in [-0.1, -0.05) is 27.2 Å². The van der Waals surface area contributed by atoms with Gasteiger partial charge in [-0.2, -0.15) is 0 Å². The van der Waals surface area contributed by atoms with Crippen LogP contribution in [0, 0.1) is 5.92 Å². The van der Waals surface area contributed by atoms with E-state index < -0.39 is 6.04 Å². The van der Waals surface area contributed by atoms with Crippen molar-refractivity contribution >= 4 is 35.6 Å². The Morgan fingerprint density at radius 1 is 1.33 bits per heavy atom. The van der Waals surface area contributed by atoms with E-state index in [0.29, 0.717) is 6.42 Å². The zero-order valence-electron chi connectivity index (χ0n) is 14.7. The summed E-state index contributed by atoms with van der Waals surface area (Å²) in [6, 6.07) is 5.23. The number of fused-ring (bicyclic) bond motifs is 1. The minimum atomic E-state index is -0.505. The zero-order valence-corrected chi connectivity index (χ0v) is 15.5. The largest absolute Gasteiger partial charge is 0.325 e. The van der Waals surface area contributed by atoms with Gasteiger partial charge >= 0.3 is 0 Å². The molecular formula is C18H28ClN3O2. The molecule has 0 saturated heterocycles. The van der Waals surface area contributed by atoms with Gasteiger partial charge in [0.15, 0.2) is 0 Å². The van der Waals surface area contributed by atoms with E-state index in [4.69, 9.17) is 5.73 Å². The number of amides is 2. The third kappa shape index (κ3) is 4.48. The van der Waals surface area contributed by atoms with Gasteiger partial charge < -0.3 is 16.0 Å². The summed E-state index contributed by atoms with van der Waals surface area (Å²) in [7, 11) is 0. The molecule has 1 aliphatic heterocycles. The number of nitrogens with one attached hydrogen (secondary N) is 1. The fraction of sp³-hybridized carbons (Fsp3) is 0.556. The van der Waals surface area contributed by atoms with Crippen LogP contribution < -0.4 is 16.0 Å². The molecule has 3 N–H and O–H groups in total. The summed E-state index contributed by atoms with van der Waals surface area (Å²) in [5.41, 5.74) is 8.79. The lowest BCUT2D eigenvalue weighted by Crippen LogP contribution is -2.40. The Labute approximate surface area is 150 Å². The first kappa shape index (κ1) is 20.5. The van der Waals surface area contributed by atoms with Gasteiger partial charge in [-0.3, -0.25) is 9.59 Å². The van der Waals surface area contributed by atoms with E-state index in [9.17, 15) is 9.59 Å². The van der Waals surface area contributed by atoms with Crippen LogP contribution >= 0.6 is 12.4 Å². The Kier molecular flexibility index (Phi) is 7.70. The number of benzene rings is 1. The highest BCUT2D eigenvalue weighted by Crippen LogP contribution is 2.30. The fourth-order valence-corrected chi connectivity index (χ4v) is 2.84. The van der Waals surface area contributed by atoms with Crippen molar-refractivity contribution in [3.8, 4) is 0 Å². The summed E-state index contributed by atoms with van der Waals surface area (Å²) in [6.45, 7) is 6.80. The number of hydrogen-bond donors (Lipinski definition) is 2. The molecule has 0 saturated carbocycles. The number of halogens is 1. The van der Waals surface area contributed by atoms with E-state index in [2.05, 4.69) is 12.2 Å². The Bertz CT molecular complexity index is 592. The van der Waals surface area contributed by atoms with Gasteiger partial charge in [0.2, 0.25) is 11.8 Å². The lowest BCUT2D eigenvalue weighted by atomic mass is 9.98. The predicted octanol–water partition coefficient (Wildman–Crippen LogP) is 3.11. The van der Waals surface area contributed by atoms with Gasteiger partial charge in [0.25, 0.3) is 0 Å². The molecule has 0 radical (unpaired) electrons. The zero-order chi connectivity index (χ0) is 17.0. The van der Waals surface area contributed by atoms with Gasteiger partial charge in [-0.15, -0.1) is 12.4 Å². The first-order valence-corrected chi connectivity index (χ1v) is 8.47. The number of nitrogens with two attached hydrogens (primary N) is 1. The maximum Gasteiger partial charge on any atom is 0.241 e. The van der Waals surface area contributed by atoms with Crippen molar-refractivity contribution < 1.29 is 9.59 Å². The van der Waals surface area contributed by atoms with Crippen molar-refractivity contribution in [3.63, 3.8) is 0 Å². The molecule has 2 unspecified atom stereocenters. The monoisotopic (exact) mass is 353 g/mol. The highest BCUT2D eigenvalue weighted by molar-refractivity contribution is 5.98. The Morgan fingerprint density at radius 3 is 2.67 bits per heavy atom. The third-order valence-electron chi connectivity index (χ3n) is 4.55. The van der Waals surface area contributed by atoms with Gasteiger partial charge in [-0.25, -0.2) is 0 Å². The molecule has 2 atom stereocenters. The van der Waals surface area contributed by atoms with Crippen molar-refractivity contribution in [1.29, 1.82) is 0 Å². The van der Waals surface area contributed by atoms with Gasteiger partial charge in [0.05, 0.1) is 6.04 Å². The van der Waals surface area contributed by atoms with Crippen LogP contribution in [0.1, 0.15) is 45.6 Å². The summed E-state index contributed by atoms with van der Waals surface area (Å²) in [5, 5.41) is 2.90. The fourth-order valence-electron chi connectivity index (χ4n) is 2.84. The van der Waals surface area contributed by atoms with E-state index in [1.54, 1.807) is 0 Å². The molecular weight excluding hydrogens is 326 g/mol. The van der Waals surface area contributed by atoms with Crippen LogP contribution in [0.15, 0.2) is 18.2 Å². The summed E-state index contributed by atoms with van der Waals surface area (Å²) in [4.78, 5) is 26.1. The average Bonchev–Trinajstić information content (AvgIpc) is 2.56. The van der Waals surface area contributed by atoms with Crippen molar-refractivity contribution in [1.82, 2.24) is 0 Å². The van der Waals surface area contributed by atoms with Crippen LogP contribution in [0.4, 0.5) is 11.4 Å². The molecule has 1 aromatic carbocycles. The molecule has 0 bridgehead atoms. The van der Waals surface area contributed by atoms with Gasteiger partial charge in [0, 0.05) is 24.3 Å². The van der Waals surface area contributed by atoms with Crippen LogP contribution in [0.3, 0.4) is 0 Å². The van der Waals surface area contributed by atoms with Gasteiger partial charge in [-0.05, 0) is 42.5 Å². The number of carbonyl (C=O) groups excluding carboxylic acids is 2. The first-order chi connectivity index (χ1) is 11.0. The maximum atomic E-state index is 12.2. The van der Waals surface area contributed by atoms with Crippen molar-refractivity contribution in [2.24, 2.45) is 11.7 Å². The topological polar surface area (TPSA) is 75.4 Å². The molecule has 0 fully saturated rings.